The molecule has 1 aliphatic rings. The standard InChI is InChI=1S/C16H19F2NO3/c1-3-8(2)14(16(21)22)19-15(20)12-7-11(12)10-5-4-9(17)6-13(10)18/h4-6,8,11-12,14H,3,7H2,1-2H3,(H,19,20)(H,21,22). The van der Waals surface area contributed by atoms with Gasteiger partial charge in [0.1, 0.15) is 17.7 Å². The number of amides is 1. The summed E-state index contributed by atoms with van der Waals surface area (Å²) in [6, 6.07) is 2.34. The van der Waals surface area contributed by atoms with Crippen molar-refractivity contribution in [1.29, 1.82) is 0 Å². The van der Waals surface area contributed by atoms with Crippen LogP contribution in [0.25, 0.3) is 0 Å². The van der Waals surface area contributed by atoms with Crippen molar-refractivity contribution < 1.29 is 23.5 Å². The van der Waals surface area contributed by atoms with Crippen LogP contribution in [0.5, 0.6) is 0 Å². The summed E-state index contributed by atoms with van der Waals surface area (Å²) < 4.78 is 26.6. The van der Waals surface area contributed by atoms with Crippen LogP contribution in [0.4, 0.5) is 8.78 Å². The molecule has 4 unspecified atom stereocenters. The Balaban J connectivity index is 2.02. The van der Waals surface area contributed by atoms with E-state index in [0.29, 0.717) is 18.4 Å². The molecular formula is C16H19F2NO3. The molecule has 1 amide bonds. The number of hydrogen-bond donors (Lipinski definition) is 2. The molecule has 2 rings (SSSR count). The van der Waals surface area contributed by atoms with Crippen LogP contribution >= 0.6 is 0 Å². The number of benzene rings is 1. The number of rotatable bonds is 6. The Labute approximate surface area is 127 Å². The first kappa shape index (κ1) is 16.4. The normalized spacial score (nSPS) is 22.7. The second-order valence-electron chi connectivity index (χ2n) is 5.82. The smallest absolute Gasteiger partial charge is 0.326 e. The van der Waals surface area contributed by atoms with Gasteiger partial charge in [0, 0.05) is 12.0 Å². The SMILES string of the molecule is CCC(C)C(NC(=O)C1CC1c1ccc(F)cc1F)C(=O)O. The maximum absolute atomic E-state index is 13.7. The van der Waals surface area contributed by atoms with Gasteiger partial charge in [-0.2, -0.15) is 0 Å². The first-order chi connectivity index (χ1) is 10.3. The molecule has 1 aromatic carbocycles. The van der Waals surface area contributed by atoms with E-state index in [4.69, 9.17) is 5.11 Å². The molecule has 22 heavy (non-hydrogen) atoms. The fourth-order valence-electron chi connectivity index (χ4n) is 2.57. The number of hydrogen-bond acceptors (Lipinski definition) is 2. The van der Waals surface area contributed by atoms with Crippen LogP contribution in [-0.4, -0.2) is 23.0 Å². The lowest BCUT2D eigenvalue weighted by Crippen LogP contribution is -2.45. The summed E-state index contributed by atoms with van der Waals surface area (Å²) in [7, 11) is 0. The van der Waals surface area contributed by atoms with E-state index in [0.717, 1.165) is 12.1 Å². The third-order valence-electron chi connectivity index (χ3n) is 4.27. The van der Waals surface area contributed by atoms with Gasteiger partial charge in [-0.25, -0.2) is 13.6 Å². The topological polar surface area (TPSA) is 66.4 Å². The first-order valence-corrected chi connectivity index (χ1v) is 7.33. The largest absolute Gasteiger partial charge is 0.480 e. The van der Waals surface area contributed by atoms with Gasteiger partial charge >= 0.3 is 5.97 Å². The summed E-state index contributed by atoms with van der Waals surface area (Å²) in [5.41, 5.74) is 0.303. The van der Waals surface area contributed by atoms with Crippen molar-refractivity contribution in [3.05, 3.63) is 35.4 Å². The first-order valence-electron chi connectivity index (χ1n) is 7.33. The van der Waals surface area contributed by atoms with E-state index < -0.39 is 29.6 Å². The summed E-state index contributed by atoms with van der Waals surface area (Å²) in [4.78, 5) is 23.3. The number of aliphatic carboxylic acids is 1. The van der Waals surface area contributed by atoms with Crippen molar-refractivity contribution in [3.63, 3.8) is 0 Å². The zero-order chi connectivity index (χ0) is 16.4. The van der Waals surface area contributed by atoms with Crippen LogP contribution < -0.4 is 5.32 Å². The predicted molar refractivity (Wildman–Crippen MR) is 76.2 cm³/mol. The van der Waals surface area contributed by atoms with Gasteiger partial charge in [-0.15, -0.1) is 0 Å². The van der Waals surface area contributed by atoms with Crippen LogP contribution in [0, 0.1) is 23.5 Å². The molecule has 0 aliphatic heterocycles. The molecule has 0 saturated heterocycles. The van der Waals surface area contributed by atoms with Gasteiger partial charge in [0.15, 0.2) is 0 Å². The highest BCUT2D eigenvalue weighted by Gasteiger charge is 2.46. The molecule has 0 heterocycles. The Morgan fingerprint density at radius 2 is 2.09 bits per heavy atom. The Kier molecular flexibility index (Phi) is 4.78. The lowest BCUT2D eigenvalue weighted by Gasteiger charge is -2.20. The van der Waals surface area contributed by atoms with Crippen molar-refractivity contribution in [1.82, 2.24) is 5.32 Å². The molecule has 1 fully saturated rings. The van der Waals surface area contributed by atoms with Gasteiger partial charge in [-0.1, -0.05) is 26.3 Å². The Morgan fingerprint density at radius 1 is 1.41 bits per heavy atom. The van der Waals surface area contributed by atoms with E-state index in [1.165, 1.54) is 6.07 Å². The van der Waals surface area contributed by atoms with Crippen molar-refractivity contribution in [2.24, 2.45) is 11.8 Å². The average Bonchev–Trinajstić information content (AvgIpc) is 3.23. The second kappa shape index (κ2) is 6.42. The fourth-order valence-corrected chi connectivity index (χ4v) is 2.57. The van der Waals surface area contributed by atoms with Crippen molar-refractivity contribution >= 4 is 11.9 Å². The zero-order valence-electron chi connectivity index (χ0n) is 12.5. The number of nitrogens with one attached hydrogen (secondary N) is 1. The summed E-state index contributed by atoms with van der Waals surface area (Å²) >= 11 is 0. The third-order valence-corrected chi connectivity index (χ3v) is 4.27. The summed E-state index contributed by atoms with van der Waals surface area (Å²) in [6.07, 6.45) is 1.07. The van der Waals surface area contributed by atoms with E-state index in [9.17, 15) is 18.4 Å². The predicted octanol–water partition coefficient (Wildman–Crippen LogP) is 2.68. The minimum Gasteiger partial charge on any atom is -0.480 e. The van der Waals surface area contributed by atoms with E-state index in [-0.39, 0.29) is 17.7 Å². The Bertz CT molecular complexity index is 591. The molecule has 2 N–H and O–H groups in total. The lowest BCUT2D eigenvalue weighted by molar-refractivity contribution is -0.143. The lowest BCUT2D eigenvalue weighted by atomic mass is 9.99. The summed E-state index contributed by atoms with van der Waals surface area (Å²) in [5.74, 6) is -3.75. The Morgan fingerprint density at radius 3 is 2.64 bits per heavy atom. The molecule has 1 saturated carbocycles. The molecule has 0 aromatic heterocycles. The minimum atomic E-state index is -1.08. The molecule has 1 aromatic rings. The number of halogens is 2. The van der Waals surface area contributed by atoms with Crippen LogP contribution in [0.1, 0.15) is 38.2 Å². The zero-order valence-corrected chi connectivity index (χ0v) is 12.5. The van der Waals surface area contributed by atoms with E-state index in [1.54, 1.807) is 6.92 Å². The van der Waals surface area contributed by atoms with Gasteiger partial charge in [-0.05, 0) is 29.9 Å². The molecule has 0 radical (unpaired) electrons. The monoisotopic (exact) mass is 311 g/mol. The van der Waals surface area contributed by atoms with E-state index in [1.807, 2.05) is 6.92 Å². The van der Waals surface area contributed by atoms with Crippen molar-refractivity contribution in [3.8, 4) is 0 Å². The van der Waals surface area contributed by atoms with Crippen LogP contribution in [0.3, 0.4) is 0 Å². The maximum Gasteiger partial charge on any atom is 0.326 e. The fraction of sp³-hybridized carbons (Fsp3) is 0.500. The molecule has 4 nitrogen and oxygen atoms in total. The number of carboxylic acids is 1. The van der Waals surface area contributed by atoms with Crippen LogP contribution in [0.15, 0.2) is 18.2 Å². The quantitative estimate of drug-likeness (QED) is 0.849. The Hall–Kier alpha value is -1.98. The molecule has 1 aliphatic carbocycles. The minimum absolute atomic E-state index is 0.193. The molecule has 0 spiro atoms. The maximum atomic E-state index is 13.7. The van der Waals surface area contributed by atoms with Crippen molar-refractivity contribution in [2.75, 3.05) is 0 Å². The highest BCUT2D eigenvalue weighted by molar-refractivity contribution is 5.87. The van der Waals surface area contributed by atoms with Gasteiger partial charge < -0.3 is 10.4 Å². The van der Waals surface area contributed by atoms with E-state index in [2.05, 4.69) is 5.32 Å². The van der Waals surface area contributed by atoms with Gasteiger partial charge in [0.25, 0.3) is 0 Å². The molecule has 120 valence electrons. The van der Waals surface area contributed by atoms with Crippen molar-refractivity contribution in [2.45, 2.75) is 38.6 Å². The molecule has 6 heteroatoms. The number of carbonyl (C=O) groups excluding carboxylic acids is 1. The third kappa shape index (κ3) is 3.43. The highest BCUT2D eigenvalue weighted by Crippen LogP contribution is 2.48. The van der Waals surface area contributed by atoms with Gasteiger partial charge in [0.05, 0.1) is 0 Å². The molecular weight excluding hydrogens is 292 g/mol. The second-order valence-corrected chi connectivity index (χ2v) is 5.82. The number of carboxylic acid groups (broad SMARTS) is 1. The van der Waals surface area contributed by atoms with Crippen LogP contribution in [-0.2, 0) is 9.59 Å². The molecule has 0 bridgehead atoms. The molecule has 4 atom stereocenters. The summed E-state index contributed by atoms with van der Waals surface area (Å²) in [5, 5.41) is 11.7. The van der Waals surface area contributed by atoms with E-state index >= 15 is 0 Å². The van der Waals surface area contributed by atoms with Crippen LogP contribution in [0.2, 0.25) is 0 Å². The number of carbonyl (C=O) groups is 2. The summed E-state index contributed by atoms with van der Waals surface area (Å²) in [6.45, 7) is 3.60. The van der Waals surface area contributed by atoms with Gasteiger partial charge in [-0.3, -0.25) is 4.79 Å². The highest BCUT2D eigenvalue weighted by atomic mass is 19.1. The van der Waals surface area contributed by atoms with Gasteiger partial charge in [0.2, 0.25) is 5.91 Å². The average molecular weight is 311 g/mol.